The third-order valence-electron chi connectivity index (χ3n) is 8.73. The molecule has 2 aromatic heterocycles. The molecule has 2 aliphatic carbocycles. The van der Waals surface area contributed by atoms with Crippen molar-refractivity contribution in [2.45, 2.75) is 99.6 Å². The van der Waals surface area contributed by atoms with Crippen LogP contribution in [0.5, 0.6) is 5.75 Å². The third kappa shape index (κ3) is 8.23. The van der Waals surface area contributed by atoms with Crippen molar-refractivity contribution in [3.05, 3.63) is 30.6 Å². The number of anilines is 2. The van der Waals surface area contributed by atoms with Crippen LogP contribution in [0.4, 0.5) is 24.9 Å². The van der Waals surface area contributed by atoms with Crippen LogP contribution in [0.1, 0.15) is 70.3 Å². The second kappa shape index (κ2) is 14.4. The molecular weight excluding hydrogens is 656 g/mol. The van der Waals surface area contributed by atoms with E-state index in [4.69, 9.17) is 20.7 Å². The van der Waals surface area contributed by atoms with E-state index in [1.807, 2.05) is 6.33 Å². The van der Waals surface area contributed by atoms with Gasteiger partial charge in [0.1, 0.15) is 5.75 Å². The topological polar surface area (TPSA) is 140 Å². The Hall–Kier alpha value is -2.59. The minimum absolute atomic E-state index is 0. The van der Waals surface area contributed by atoms with Crippen molar-refractivity contribution in [3.8, 4) is 5.75 Å². The predicted molar refractivity (Wildman–Crippen MR) is 170 cm³/mol. The van der Waals surface area contributed by atoms with Gasteiger partial charge in [-0.15, -0.1) is 38.0 Å². The fourth-order valence-corrected chi connectivity index (χ4v) is 7.84. The molecule has 6 rings (SSSR count). The van der Waals surface area contributed by atoms with E-state index >= 15 is 0 Å². The van der Waals surface area contributed by atoms with Crippen LogP contribution >= 0.6 is 24.8 Å². The second-order valence-electron chi connectivity index (χ2n) is 11.8. The SMILES string of the molecule is Cl.Cl.N[C@H]1CC[C@H](Nc2nc(NC3CCN(S(=O)(=O)c4ccc(OC(F)(F)F)cc4)CC3)c3ncn(C4CCCC4)c3n2)CC1. The minimum Gasteiger partial charge on any atom is -0.406 e. The van der Waals surface area contributed by atoms with Crippen LogP contribution in [-0.4, -0.2) is 69.8 Å². The Morgan fingerprint density at radius 1 is 0.867 bits per heavy atom. The molecule has 0 atom stereocenters. The summed E-state index contributed by atoms with van der Waals surface area (Å²) in [6.45, 7) is 0.498. The number of aromatic nitrogens is 4. The van der Waals surface area contributed by atoms with Gasteiger partial charge in [0.2, 0.25) is 16.0 Å². The number of imidazole rings is 1. The van der Waals surface area contributed by atoms with Crippen molar-refractivity contribution < 1.29 is 26.3 Å². The smallest absolute Gasteiger partial charge is 0.406 e. The number of rotatable bonds is 8. The van der Waals surface area contributed by atoms with Crippen molar-refractivity contribution in [2.75, 3.05) is 23.7 Å². The zero-order valence-corrected chi connectivity index (χ0v) is 27.0. The van der Waals surface area contributed by atoms with E-state index in [2.05, 4.69) is 19.9 Å². The summed E-state index contributed by atoms with van der Waals surface area (Å²) < 4.78 is 71.2. The number of hydrogen-bond acceptors (Lipinski definition) is 9. The summed E-state index contributed by atoms with van der Waals surface area (Å²) in [7, 11) is -3.88. The number of ether oxygens (including phenoxy) is 1. The third-order valence-corrected chi connectivity index (χ3v) is 10.6. The molecule has 0 spiro atoms. The molecule has 1 aliphatic heterocycles. The molecule has 3 aromatic rings. The summed E-state index contributed by atoms with van der Waals surface area (Å²) in [4.78, 5) is 14.3. The van der Waals surface area contributed by atoms with Crippen molar-refractivity contribution in [3.63, 3.8) is 0 Å². The molecule has 17 heteroatoms. The van der Waals surface area contributed by atoms with Crippen LogP contribution in [0, 0.1) is 0 Å². The van der Waals surface area contributed by atoms with E-state index in [-0.39, 0.29) is 60.9 Å². The lowest BCUT2D eigenvalue weighted by Gasteiger charge is -2.32. The summed E-state index contributed by atoms with van der Waals surface area (Å²) >= 11 is 0. The number of benzene rings is 1. The molecular formula is C28H39Cl2F3N8O3S. The summed E-state index contributed by atoms with van der Waals surface area (Å²) in [5.74, 6) is 0.702. The molecule has 0 unspecified atom stereocenters. The average molecular weight is 696 g/mol. The lowest BCUT2D eigenvalue weighted by molar-refractivity contribution is -0.274. The quantitative estimate of drug-likeness (QED) is 0.274. The number of nitrogens with two attached hydrogens (primary N) is 1. The Morgan fingerprint density at radius 2 is 1.49 bits per heavy atom. The fraction of sp³-hybridized carbons (Fsp3) is 0.607. The van der Waals surface area contributed by atoms with Crippen molar-refractivity contribution >= 4 is 57.8 Å². The van der Waals surface area contributed by atoms with Gasteiger partial charge in [-0.05, 0) is 75.6 Å². The Balaban J connectivity index is 0.00000230. The Kier molecular flexibility index (Phi) is 11.3. The van der Waals surface area contributed by atoms with E-state index in [0.29, 0.717) is 36.2 Å². The van der Waals surface area contributed by atoms with Crippen molar-refractivity contribution in [2.24, 2.45) is 5.73 Å². The van der Waals surface area contributed by atoms with E-state index in [1.54, 1.807) is 0 Å². The highest BCUT2D eigenvalue weighted by molar-refractivity contribution is 7.89. The largest absolute Gasteiger partial charge is 0.573 e. The van der Waals surface area contributed by atoms with Gasteiger partial charge in [0.05, 0.1) is 11.2 Å². The number of hydrogen-bond donors (Lipinski definition) is 3. The zero-order valence-electron chi connectivity index (χ0n) is 24.6. The molecule has 3 heterocycles. The molecule has 3 aliphatic rings. The van der Waals surface area contributed by atoms with Crippen LogP contribution in [0.3, 0.4) is 0 Å². The highest BCUT2D eigenvalue weighted by Gasteiger charge is 2.33. The molecule has 4 N–H and O–H groups in total. The first kappa shape index (κ1) is 35.3. The monoisotopic (exact) mass is 694 g/mol. The van der Waals surface area contributed by atoms with Gasteiger partial charge in [0.25, 0.3) is 0 Å². The average Bonchev–Trinajstić information content (AvgIpc) is 3.65. The van der Waals surface area contributed by atoms with E-state index < -0.39 is 22.1 Å². The lowest BCUT2D eigenvalue weighted by atomic mass is 9.92. The highest BCUT2D eigenvalue weighted by atomic mass is 35.5. The maximum absolute atomic E-state index is 13.2. The van der Waals surface area contributed by atoms with Gasteiger partial charge in [-0.3, -0.25) is 0 Å². The molecule has 3 fully saturated rings. The Labute approximate surface area is 272 Å². The van der Waals surface area contributed by atoms with Crippen LogP contribution in [0.25, 0.3) is 11.2 Å². The molecule has 11 nitrogen and oxygen atoms in total. The van der Waals surface area contributed by atoms with Crippen LogP contribution in [-0.2, 0) is 10.0 Å². The molecule has 0 bridgehead atoms. The Bertz CT molecular complexity index is 1520. The van der Waals surface area contributed by atoms with Gasteiger partial charge in [-0.1, -0.05) is 12.8 Å². The van der Waals surface area contributed by atoms with Crippen LogP contribution < -0.4 is 21.1 Å². The minimum atomic E-state index is -4.85. The summed E-state index contributed by atoms with van der Waals surface area (Å²) in [6.07, 6.45) is 6.41. The van der Waals surface area contributed by atoms with Gasteiger partial charge in [0.15, 0.2) is 17.0 Å². The van der Waals surface area contributed by atoms with Gasteiger partial charge in [0, 0.05) is 37.3 Å². The molecule has 45 heavy (non-hydrogen) atoms. The van der Waals surface area contributed by atoms with E-state index in [0.717, 1.165) is 68.4 Å². The lowest BCUT2D eigenvalue weighted by Crippen LogP contribution is -2.42. The van der Waals surface area contributed by atoms with Gasteiger partial charge in [-0.2, -0.15) is 14.3 Å². The number of halogens is 5. The Morgan fingerprint density at radius 3 is 2.11 bits per heavy atom. The van der Waals surface area contributed by atoms with Gasteiger partial charge in [-0.25, -0.2) is 13.4 Å². The first-order chi connectivity index (χ1) is 20.5. The normalized spacial score (nSPS) is 22.0. The molecule has 0 radical (unpaired) electrons. The second-order valence-corrected chi connectivity index (χ2v) is 13.7. The summed E-state index contributed by atoms with van der Waals surface area (Å²) in [6, 6.07) is 5.07. The molecule has 250 valence electrons. The zero-order chi connectivity index (χ0) is 30.2. The number of nitrogens with zero attached hydrogens (tertiary/aromatic N) is 5. The number of fused-ring (bicyclic) bond motifs is 1. The van der Waals surface area contributed by atoms with Crippen molar-refractivity contribution in [1.29, 1.82) is 0 Å². The predicted octanol–water partition coefficient (Wildman–Crippen LogP) is 5.63. The van der Waals surface area contributed by atoms with Gasteiger partial charge >= 0.3 is 6.36 Å². The maximum Gasteiger partial charge on any atom is 0.573 e. The van der Waals surface area contributed by atoms with Gasteiger partial charge < -0.3 is 25.7 Å². The number of sulfonamides is 1. The number of nitrogens with one attached hydrogen (secondary N) is 2. The first-order valence-corrected chi connectivity index (χ1v) is 16.4. The fourth-order valence-electron chi connectivity index (χ4n) is 6.37. The molecule has 1 saturated heterocycles. The maximum atomic E-state index is 13.2. The van der Waals surface area contributed by atoms with E-state index in [9.17, 15) is 21.6 Å². The summed E-state index contributed by atoms with van der Waals surface area (Å²) in [5.41, 5.74) is 7.58. The van der Waals surface area contributed by atoms with Crippen molar-refractivity contribution in [1.82, 2.24) is 23.8 Å². The van der Waals surface area contributed by atoms with Crippen LogP contribution in [0.15, 0.2) is 35.5 Å². The summed E-state index contributed by atoms with van der Waals surface area (Å²) in [5, 5.41) is 7.04. The van der Waals surface area contributed by atoms with E-state index in [1.165, 1.54) is 17.1 Å². The highest BCUT2D eigenvalue weighted by Crippen LogP contribution is 2.34. The number of piperidine rings is 1. The molecule has 0 amide bonds. The molecule has 2 saturated carbocycles. The number of alkyl halides is 3. The van der Waals surface area contributed by atoms with Crippen LogP contribution in [0.2, 0.25) is 0 Å². The molecule has 1 aromatic carbocycles. The standard InChI is InChI=1S/C28H37F3N8O3S.2ClH/c29-28(30,31)42-22-9-11-23(12-10-22)43(40,41)38-15-13-20(14-16-38)34-25-24-26(39(17-33-24)21-3-1-2-4-21)37-27(36-25)35-19-7-5-18(32)6-8-19;;/h9-12,17-21H,1-8,13-16,32H2,(H2,34,35,36,37);2*1H/t18-,19-;;. The first-order valence-electron chi connectivity index (χ1n) is 14.9.